The molecule has 1 aliphatic rings. The number of fused-ring (bicyclic) bond motifs is 1. The summed E-state index contributed by atoms with van der Waals surface area (Å²) in [4.78, 5) is 50.8. The van der Waals surface area contributed by atoms with E-state index in [9.17, 15) is 19.2 Å². The summed E-state index contributed by atoms with van der Waals surface area (Å²) in [5.74, 6) is -2.66. The molecule has 0 aliphatic carbocycles. The third-order valence-corrected chi connectivity index (χ3v) is 4.12. The van der Waals surface area contributed by atoms with E-state index >= 15 is 0 Å². The Morgan fingerprint density at radius 2 is 1.54 bits per heavy atom. The zero-order chi connectivity index (χ0) is 20.1. The number of nitriles is 1. The number of amides is 3. The van der Waals surface area contributed by atoms with E-state index in [0.29, 0.717) is 5.69 Å². The van der Waals surface area contributed by atoms with Crippen molar-refractivity contribution in [2.45, 2.75) is 0 Å². The van der Waals surface area contributed by atoms with Gasteiger partial charge in [-0.15, -0.1) is 0 Å². The number of rotatable bonds is 6. The maximum atomic E-state index is 12.3. The lowest BCUT2D eigenvalue weighted by molar-refractivity contribution is -0.147. The lowest BCUT2D eigenvalue weighted by Gasteiger charge is -2.20. The highest BCUT2D eigenvalue weighted by molar-refractivity contribution is 6.22. The molecular formula is C20H15N3O5. The first-order valence-corrected chi connectivity index (χ1v) is 8.36. The van der Waals surface area contributed by atoms with Crippen molar-refractivity contribution < 1.29 is 23.9 Å². The van der Waals surface area contributed by atoms with Crippen LogP contribution in [0.4, 0.5) is 5.69 Å². The Balaban J connectivity index is 1.60. The number of ether oxygens (including phenoxy) is 1. The molecule has 0 atom stereocenters. The van der Waals surface area contributed by atoms with Crippen LogP contribution in [0.15, 0.2) is 54.6 Å². The first kappa shape index (κ1) is 18.8. The molecule has 2 aromatic rings. The van der Waals surface area contributed by atoms with E-state index in [4.69, 9.17) is 10.00 Å². The van der Waals surface area contributed by atoms with Crippen molar-refractivity contribution in [1.29, 1.82) is 5.26 Å². The van der Waals surface area contributed by atoms with Crippen LogP contribution >= 0.6 is 0 Å². The summed E-state index contributed by atoms with van der Waals surface area (Å²) >= 11 is 0. The number of carbonyl (C=O) groups is 4. The molecule has 0 saturated heterocycles. The van der Waals surface area contributed by atoms with Crippen LogP contribution in [0.5, 0.6) is 0 Å². The Morgan fingerprint density at radius 3 is 2.11 bits per heavy atom. The molecule has 0 radical (unpaired) electrons. The molecule has 0 bridgehead atoms. The summed E-state index contributed by atoms with van der Waals surface area (Å²) in [6, 6.07) is 16.6. The van der Waals surface area contributed by atoms with Crippen LogP contribution in [-0.4, -0.2) is 48.3 Å². The normalized spacial score (nSPS) is 12.3. The second-order valence-corrected chi connectivity index (χ2v) is 5.88. The molecule has 3 amide bonds. The fourth-order valence-electron chi connectivity index (χ4n) is 2.78. The molecule has 3 rings (SSSR count). The number of hydrogen-bond acceptors (Lipinski definition) is 6. The smallest absolute Gasteiger partial charge is 0.326 e. The molecule has 0 aromatic heterocycles. The Hall–Kier alpha value is -3.99. The van der Waals surface area contributed by atoms with Crippen molar-refractivity contribution in [3.63, 3.8) is 0 Å². The fraction of sp³-hybridized carbons (Fsp3) is 0.150. The minimum atomic E-state index is -0.896. The van der Waals surface area contributed by atoms with Crippen LogP contribution in [-0.2, 0) is 14.3 Å². The number of carbonyl (C=O) groups excluding carboxylic acids is 4. The molecule has 0 spiro atoms. The van der Waals surface area contributed by atoms with Gasteiger partial charge in [0, 0.05) is 5.69 Å². The highest BCUT2D eigenvalue weighted by Gasteiger charge is 2.36. The van der Waals surface area contributed by atoms with Crippen LogP contribution in [0.1, 0.15) is 20.7 Å². The minimum absolute atomic E-state index is 0.210. The molecule has 28 heavy (non-hydrogen) atoms. The van der Waals surface area contributed by atoms with Gasteiger partial charge >= 0.3 is 5.97 Å². The number of esters is 1. The molecule has 8 heteroatoms. The van der Waals surface area contributed by atoms with Crippen molar-refractivity contribution >= 4 is 29.4 Å². The Bertz CT molecular complexity index is 946. The standard InChI is InChI=1S/C20H15N3O5/c21-10-11-22(14-6-2-1-3-7-14)17(24)13-28-18(25)12-23-19(26)15-8-4-5-9-16(15)20(23)27/h1-9H,11-13H2. The maximum Gasteiger partial charge on any atom is 0.326 e. The Kier molecular flexibility index (Phi) is 5.46. The predicted molar refractivity (Wildman–Crippen MR) is 97.2 cm³/mol. The highest BCUT2D eigenvalue weighted by Crippen LogP contribution is 2.22. The monoisotopic (exact) mass is 377 g/mol. The van der Waals surface area contributed by atoms with E-state index in [1.165, 1.54) is 17.0 Å². The minimum Gasteiger partial charge on any atom is -0.454 e. The largest absolute Gasteiger partial charge is 0.454 e. The Morgan fingerprint density at radius 1 is 0.964 bits per heavy atom. The number of para-hydroxylation sites is 1. The molecule has 2 aromatic carbocycles. The molecule has 0 unspecified atom stereocenters. The van der Waals surface area contributed by atoms with Gasteiger partial charge in [0.1, 0.15) is 13.1 Å². The quantitative estimate of drug-likeness (QED) is 0.428. The van der Waals surface area contributed by atoms with Gasteiger partial charge in [0.05, 0.1) is 17.2 Å². The summed E-state index contributed by atoms with van der Waals surface area (Å²) in [5.41, 5.74) is 0.937. The molecule has 8 nitrogen and oxygen atoms in total. The lowest BCUT2D eigenvalue weighted by Crippen LogP contribution is -2.38. The van der Waals surface area contributed by atoms with Gasteiger partial charge in [-0.05, 0) is 24.3 Å². The Labute approximate surface area is 160 Å². The van der Waals surface area contributed by atoms with Crippen molar-refractivity contribution in [3.05, 3.63) is 65.7 Å². The average molecular weight is 377 g/mol. The van der Waals surface area contributed by atoms with E-state index in [0.717, 1.165) is 4.90 Å². The van der Waals surface area contributed by atoms with Gasteiger partial charge in [0.25, 0.3) is 17.7 Å². The first-order valence-electron chi connectivity index (χ1n) is 8.36. The van der Waals surface area contributed by atoms with Crippen molar-refractivity contribution in [2.24, 2.45) is 0 Å². The maximum absolute atomic E-state index is 12.3. The van der Waals surface area contributed by atoms with Crippen LogP contribution in [0.2, 0.25) is 0 Å². The topological polar surface area (TPSA) is 108 Å². The van der Waals surface area contributed by atoms with Gasteiger partial charge in [0.15, 0.2) is 6.61 Å². The molecule has 0 saturated carbocycles. The van der Waals surface area contributed by atoms with Crippen LogP contribution in [0.25, 0.3) is 0 Å². The lowest BCUT2D eigenvalue weighted by atomic mass is 10.1. The second kappa shape index (κ2) is 8.14. The average Bonchev–Trinajstić information content (AvgIpc) is 2.96. The summed E-state index contributed by atoms with van der Waals surface area (Å²) in [7, 11) is 0. The van der Waals surface area contributed by atoms with E-state index in [-0.39, 0.29) is 17.7 Å². The van der Waals surface area contributed by atoms with Crippen LogP contribution < -0.4 is 4.90 Å². The molecule has 140 valence electrons. The van der Waals surface area contributed by atoms with E-state index < -0.39 is 36.8 Å². The van der Waals surface area contributed by atoms with Gasteiger partial charge in [-0.1, -0.05) is 30.3 Å². The molecule has 0 fully saturated rings. The molecule has 1 heterocycles. The zero-order valence-electron chi connectivity index (χ0n) is 14.7. The van der Waals surface area contributed by atoms with E-state index in [1.54, 1.807) is 42.5 Å². The third-order valence-electron chi connectivity index (χ3n) is 4.12. The van der Waals surface area contributed by atoms with Crippen molar-refractivity contribution in [2.75, 3.05) is 24.6 Å². The van der Waals surface area contributed by atoms with E-state index in [1.807, 2.05) is 6.07 Å². The van der Waals surface area contributed by atoms with Crippen molar-refractivity contribution in [3.8, 4) is 6.07 Å². The fourth-order valence-corrected chi connectivity index (χ4v) is 2.78. The predicted octanol–water partition coefficient (Wildman–Crippen LogP) is 1.38. The first-order chi connectivity index (χ1) is 13.5. The van der Waals surface area contributed by atoms with Crippen LogP contribution in [0, 0.1) is 11.3 Å². The SMILES string of the molecule is N#CCN(C(=O)COC(=O)CN1C(=O)c2ccccc2C1=O)c1ccccc1. The van der Waals surface area contributed by atoms with Gasteiger partial charge in [-0.2, -0.15) is 5.26 Å². The molecular weight excluding hydrogens is 362 g/mol. The van der Waals surface area contributed by atoms with Gasteiger partial charge in [-0.25, -0.2) is 0 Å². The summed E-state index contributed by atoms with van der Waals surface area (Å²) in [6.07, 6.45) is 0. The summed E-state index contributed by atoms with van der Waals surface area (Å²) in [5, 5.41) is 8.92. The molecule has 1 aliphatic heterocycles. The van der Waals surface area contributed by atoms with E-state index in [2.05, 4.69) is 0 Å². The third kappa shape index (κ3) is 3.73. The number of hydrogen-bond donors (Lipinski definition) is 0. The van der Waals surface area contributed by atoms with Crippen molar-refractivity contribution in [1.82, 2.24) is 4.90 Å². The number of benzene rings is 2. The highest BCUT2D eigenvalue weighted by atomic mass is 16.5. The number of imide groups is 1. The number of anilines is 1. The summed E-state index contributed by atoms with van der Waals surface area (Å²) in [6.45, 7) is -1.42. The van der Waals surface area contributed by atoms with Crippen LogP contribution in [0.3, 0.4) is 0 Å². The van der Waals surface area contributed by atoms with Gasteiger partial charge in [0.2, 0.25) is 0 Å². The van der Waals surface area contributed by atoms with Gasteiger partial charge in [-0.3, -0.25) is 29.0 Å². The van der Waals surface area contributed by atoms with Gasteiger partial charge < -0.3 is 4.74 Å². The second-order valence-electron chi connectivity index (χ2n) is 5.88. The number of nitrogens with zero attached hydrogens (tertiary/aromatic N) is 3. The molecule has 0 N–H and O–H groups in total. The zero-order valence-corrected chi connectivity index (χ0v) is 14.7. The summed E-state index contributed by atoms with van der Waals surface area (Å²) < 4.78 is 4.92.